The van der Waals surface area contributed by atoms with Crippen LogP contribution in [0.2, 0.25) is 0 Å². The van der Waals surface area contributed by atoms with Crippen molar-refractivity contribution in [1.82, 2.24) is 9.80 Å². The molecule has 6 nitrogen and oxygen atoms in total. The van der Waals surface area contributed by atoms with E-state index < -0.39 is 23.5 Å². The second-order valence-corrected chi connectivity index (χ2v) is 7.74. The SMILES string of the molecule is CN(C)CCN1C(=O)C(=O)/C(=C(/O)c2ccc3c(c2)CCO3)C1c1ccccc1F. The van der Waals surface area contributed by atoms with Crippen molar-refractivity contribution < 1.29 is 23.8 Å². The van der Waals surface area contributed by atoms with E-state index in [0.717, 1.165) is 11.3 Å². The normalized spacial score (nSPS) is 20.0. The molecule has 0 radical (unpaired) electrons. The zero-order chi connectivity index (χ0) is 21.4. The Hall–Kier alpha value is -3.19. The number of benzene rings is 2. The van der Waals surface area contributed by atoms with Crippen molar-refractivity contribution in [2.45, 2.75) is 12.5 Å². The first-order valence-electron chi connectivity index (χ1n) is 9.82. The van der Waals surface area contributed by atoms with E-state index in [0.29, 0.717) is 25.1 Å². The number of ether oxygens (including phenoxy) is 1. The predicted molar refractivity (Wildman–Crippen MR) is 110 cm³/mol. The number of likely N-dealkylation sites (tertiary alicyclic amines) is 1. The third-order valence-corrected chi connectivity index (χ3v) is 5.49. The molecular weight excluding hydrogens is 387 g/mol. The van der Waals surface area contributed by atoms with Crippen LogP contribution in [0.5, 0.6) is 5.75 Å². The number of rotatable bonds is 5. The minimum atomic E-state index is -0.990. The van der Waals surface area contributed by atoms with Crippen molar-refractivity contribution >= 4 is 17.4 Å². The van der Waals surface area contributed by atoms with Gasteiger partial charge in [-0.2, -0.15) is 0 Å². The highest BCUT2D eigenvalue weighted by molar-refractivity contribution is 6.46. The molecule has 0 bridgehead atoms. The zero-order valence-electron chi connectivity index (χ0n) is 16.9. The molecule has 2 aromatic carbocycles. The molecule has 2 aromatic rings. The van der Waals surface area contributed by atoms with Gasteiger partial charge in [-0.25, -0.2) is 4.39 Å². The standard InChI is InChI=1S/C23H23FN2O4/c1-25(2)10-11-26-20(16-5-3-4-6-17(16)24)19(22(28)23(26)29)21(27)15-7-8-18-14(13-15)9-12-30-18/h3-8,13,20,27H,9-12H2,1-2H3/b21-19+. The van der Waals surface area contributed by atoms with E-state index in [1.165, 1.54) is 11.0 Å². The lowest BCUT2D eigenvalue weighted by Gasteiger charge is -2.26. The van der Waals surface area contributed by atoms with E-state index in [1.54, 1.807) is 36.4 Å². The highest BCUT2D eigenvalue weighted by Crippen LogP contribution is 2.40. The second-order valence-electron chi connectivity index (χ2n) is 7.74. The summed E-state index contributed by atoms with van der Waals surface area (Å²) in [6.07, 6.45) is 0.699. The van der Waals surface area contributed by atoms with Crippen molar-refractivity contribution in [1.29, 1.82) is 0 Å². The van der Waals surface area contributed by atoms with Gasteiger partial charge < -0.3 is 19.6 Å². The van der Waals surface area contributed by atoms with Crippen molar-refractivity contribution in [3.63, 3.8) is 0 Å². The third kappa shape index (κ3) is 3.45. The summed E-state index contributed by atoms with van der Waals surface area (Å²) in [4.78, 5) is 29.0. The van der Waals surface area contributed by atoms with E-state index >= 15 is 0 Å². The summed E-state index contributed by atoms with van der Waals surface area (Å²) in [5.41, 5.74) is 1.42. The number of amides is 1. The maximum Gasteiger partial charge on any atom is 0.295 e. The Morgan fingerprint density at radius 1 is 1.23 bits per heavy atom. The minimum absolute atomic E-state index is 0.0947. The van der Waals surface area contributed by atoms with Gasteiger partial charge in [0.1, 0.15) is 17.3 Å². The molecule has 30 heavy (non-hydrogen) atoms. The van der Waals surface area contributed by atoms with Gasteiger partial charge in [0.25, 0.3) is 11.7 Å². The molecule has 1 unspecified atom stereocenters. The number of carbonyl (C=O) groups excluding carboxylic acids is 2. The Morgan fingerprint density at radius 3 is 2.73 bits per heavy atom. The first-order chi connectivity index (χ1) is 14.4. The topological polar surface area (TPSA) is 70.1 Å². The van der Waals surface area contributed by atoms with Gasteiger partial charge in [-0.05, 0) is 43.9 Å². The number of aliphatic hydroxyl groups is 1. The van der Waals surface area contributed by atoms with Gasteiger partial charge in [0.15, 0.2) is 0 Å². The summed E-state index contributed by atoms with van der Waals surface area (Å²) >= 11 is 0. The van der Waals surface area contributed by atoms with Crippen LogP contribution in [0.25, 0.3) is 5.76 Å². The maximum absolute atomic E-state index is 14.7. The lowest BCUT2D eigenvalue weighted by molar-refractivity contribution is -0.140. The molecule has 2 aliphatic rings. The Labute approximate surface area is 174 Å². The summed E-state index contributed by atoms with van der Waals surface area (Å²) in [5.74, 6) is -1.65. The number of aliphatic hydroxyl groups excluding tert-OH is 1. The lowest BCUT2D eigenvalue weighted by atomic mass is 9.94. The summed E-state index contributed by atoms with van der Waals surface area (Å²) < 4.78 is 20.2. The Bertz CT molecular complexity index is 1050. The molecule has 1 atom stereocenters. The van der Waals surface area contributed by atoms with Crippen molar-refractivity contribution in [2.75, 3.05) is 33.8 Å². The van der Waals surface area contributed by atoms with Crippen LogP contribution in [0.15, 0.2) is 48.0 Å². The summed E-state index contributed by atoms with van der Waals surface area (Å²) in [7, 11) is 3.70. The molecule has 1 fully saturated rings. The van der Waals surface area contributed by atoms with Gasteiger partial charge in [-0.15, -0.1) is 0 Å². The zero-order valence-corrected chi connectivity index (χ0v) is 16.9. The Morgan fingerprint density at radius 2 is 2.00 bits per heavy atom. The fourth-order valence-corrected chi connectivity index (χ4v) is 3.93. The molecule has 2 heterocycles. The van der Waals surface area contributed by atoms with Gasteiger partial charge in [-0.1, -0.05) is 18.2 Å². The highest BCUT2D eigenvalue weighted by atomic mass is 19.1. The number of carbonyl (C=O) groups is 2. The van der Waals surface area contributed by atoms with Gasteiger partial charge in [0.2, 0.25) is 0 Å². The van der Waals surface area contributed by atoms with Gasteiger partial charge in [-0.3, -0.25) is 9.59 Å². The van der Waals surface area contributed by atoms with Crippen LogP contribution in [0.1, 0.15) is 22.7 Å². The fraction of sp³-hybridized carbons (Fsp3) is 0.304. The Kier molecular flexibility index (Phi) is 5.30. The van der Waals surface area contributed by atoms with Crippen LogP contribution in [0.3, 0.4) is 0 Å². The lowest BCUT2D eigenvalue weighted by Crippen LogP contribution is -2.35. The van der Waals surface area contributed by atoms with Crippen molar-refractivity contribution in [3.8, 4) is 5.75 Å². The molecule has 156 valence electrons. The first kappa shape index (κ1) is 20.1. The molecule has 0 saturated carbocycles. The number of hydrogen-bond donors (Lipinski definition) is 1. The van der Waals surface area contributed by atoms with Crippen LogP contribution >= 0.6 is 0 Å². The van der Waals surface area contributed by atoms with E-state index in [4.69, 9.17) is 4.74 Å². The second kappa shape index (κ2) is 7.91. The Balaban J connectivity index is 1.85. The highest BCUT2D eigenvalue weighted by Gasteiger charge is 2.46. The number of nitrogens with zero attached hydrogens (tertiary/aromatic N) is 2. The van der Waals surface area contributed by atoms with Crippen molar-refractivity contribution in [2.24, 2.45) is 0 Å². The summed E-state index contributed by atoms with van der Waals surface area (Å²) in [6.45, 7) is 1.28. The van der Waals surface area contributed by atoms with Crippen LogP contribution in [-0.4, -0.2) is 60.4 Å². The minimum Gasteiger partial charge on any atom is -0.507 e. The van der Waals surface area contributed by atoms with Crippen LogP contribution in [0.4, 0.5) is 4.39 Å². The number of halogens is 1. The molecular formula is C23H23FN2O4. The van der Waals surface area contributed by atoms with E-state index in [2.05, 4.69) is 0 Å². The number of fused-ring (bicyclic) bond motifs is 1. The molecule has 7 heteroatoms. The molecule has 0 aliphatic carbocycles. The number of likely N-dealkylation sites (N-methyl/N-ethyl adjacent to an activating group) is 1. The average Bonchev–Trinajstić information content (AvgIpc) is 3.29. The van der Waals surface area contributed by atoms with E-state index in [1.807, 2.05) is 19.0 Å². The average molecular weight is 410 g/mol. The molecule has 2 aliphatic heterocycles. The van der Waals surface area contributed by atoms with Crippen LogP contribution in [-0.2, 0) is 16.0 Å². The molecule has 1 amide bonds. The third-order valence-electron chi connectivity index (χ3n) is 5.49. The van der Waals surface area contributed by atoms with Crippen LogP contribution < -0.4 is 4.74 Å². The molecule has 1 saturated heterocycles. The first-order valence-corrected chi connectivity index (χ1v) is 9.82. The van der Waals surface area contributed by atoms with Gasteiger partial charge in [0, 0.05) is 30.6 Å². The monoisotopic (exact) mass is 410 g/mol. The van der Waals surface area contributed by atoms with Gasteiger partial charge >= 0.3 is 0 Å². The summed E-state index contributed by atoms with van der Waals surface area (Å²) in [5, 5.41) is 11.1. The van der Waals surface area contributed by atoms with Gasteiger partial charge in [0.05, 0.1) is 18.2 Å². The van der Waals surface area contributed by atoms with E-state index in [-0.39, 0.29) is 23.4 Å². The molecule has 0 aromatic heterocycles. The molecule has 0 spiro atoms. The number of hydrogen-bond acceptors (Lipinski definition) is 5. The number of ketones is 1. The van der Waals surface area contributed by atoms with Crippen LogP contribution in [0, 0.1) is 5.82 Å². The molecule has 4 rings (SSSR count). The predicted octanol–water partition coefficient (Wildman–Crippen LogP) is 2.74. The quantitative estimate of drug-likeness (QED) is 0.466. The smallest absolute Gasteiger partial charge is 0.295 e. The fourth-order valence-electron chi connectivity index (χ4n) is 3.93. The largest absolute Gasteiger partial charge is 0.507 e. The number of Topliss-reactive ketones (excluding diaryl/α,β-unsaturated/α-hetero) is 1. The van der Waals surface area contributed by atoms with Crippen molar-refractivity contribution in [3.05, 3.63) is 70.5 Å². The van der Waals surface area contributed by atoms with E-state index in [9.17, 15) is 19.1 Å². The summed E-state index contributed by atoms with van der Waals surface area (Å²) in [6, 6.07) is 10.2. The maximum atomic E-state index is 14.7. The molecule has 1 N–H and O–H groups in total.